The number of nitrogens with zero attached hydrogens (tertiary/aromatic N) is 3. The summed E-state index contributed by atoms with van der Waals surface area (Å²) in [5.74, 6) is 0.814. The topological polar surface area (TPSA) is 55.3 Å². The Kier molecular flexibility index (Phi) is 5.77. The third-order valence-corrected chi connectivity index (χ3v) is 4.32. The Hall–Kier alpha value is -2.43. The number of hydrogen-bond acceptors (Lipinski definition) is 4. The second-order valence-corrected chi connectivity index (χ2v) is 6.08. The Bertz CT molecular complexity index is 626. The van der Waals surface area contributed by atoms with Gasteiger partial charge >= 0.3 is 0 Å². The molecule has 5 heteroatoms. The lowest BCUT2D eigenvalue weighted by Crippen LogP contribution is -2.41. The lowest BCUT2D eigenvalue weighted by Gasteiger charge is -2.32. The number of benzene rings is 1. The van der Waals surface area contributed by atoms with E-state index in [1.54, 1.807) is 18.6 Å². The number of likely N-dealkylation sites (tertiary alicyclic amines) is 1. The van der Waals surface area contributed by atoms with Crippen LogP contribution in [0, 0.1) is 0 Å². The molecule has 1 aliphatic rings. The molecule has 2 heterocycles. The average molecular weight is 325 g/mol. The van der Waals surface area contributed by atoms with Gasteiger partial charge in [-0.05, 0) is 18.4 Å². The van der Waals surface area contributed by atoms with Gasteiger partial charge in [0.15, 0.2) is 0 Å². The number of rotatable bonds is 6. The number of piperidine rings is 1. The van der Waals surface area contributed by atoms with Crippen molar-refractivity contribution in [2.45, 2.75) is 38.2 Å². The van der Waals surface area contributed by atoms with Crippen LogP contribution < -0.4 is 4.74 Å². The fourth-order valence-electron chi connectivity index (χ4n) is 2.99. The normalized spacial score (nSPS) is 15.2. The molecule has 0 radical (unpaired) electrons. The van der Waals surface area contributed by atoms with Gasteiger partial charge < -0.3 is 9.64 Å². The summed E-state index contributed by atoms with van der Waals surface area (Å²) >= 11 is 0. The molecule has 1 aromatic heterocycles. The zero-order valence-corrected chi connectivity index (χ0v) is 13.8. The summed E-state index contributed by atoms with van der Waals surface area (Å²) in [6.07, 6.45) is 9.17. The first-order valence-corrected chi connectivity index (χ1v) is 8.55. The number of carbonyl (C=O) groups excluding carboxylic acids is 1. The Labute approximate surface area is 142 Å². The van der Waals surface area contributed by atoms with Crippen LogP contribution in [0.4, 0.5) is 0 Å². The minimum Gasteiger partial charge on any atom is -0.473 e. The Morgan fingerprint density at radius 1 is 1.17 bits per heavy atom. The molecule has 0 atom stereocenters. The zero-order valence-electron chi connectivity index (χ0n) is 13.8. The van der Waals surface area contributed by atoms with Gasteiger partial charge in [0.2, 0.25) is 11.8 Å². The van der Waals surface area contributed by atoms with Crippen LogP contribution in [0.5, 0.6) is 5.88 Å². The standard InChI is InChI=1S/C19H23N3O2/c23-19(8-4-7-16-5-2-1-3-6-16)22-13-9-17(10-14-22)24-18-15-20-11-12-21-18/h1-3,5-6,11-12,15,17H,4,7-10,13-14H2. The first-order chi connectivity index (χ1) is 11.8. The van der Waals surface area contributed by atoms with Gasteiger partial charge in [-0.25, -0.2) is 4.98 Å². The van der Waals surface area contributed by atoms with Crippen LogP contribution in [-0.4, -0.2) is 40.0 Å². The van der Waals surface area contributed by atoms with Crippen LogP contribution in [-0.2, 0) is 11.2 Å². The van der Waals surface area contributed by atoms with Crippen molar-refractivity contribution in [1.29, 1.82) is 0 Å². The number of aromatic nitrogens is 2. The predicted octanol–water partition coefficient (Wildman–Crippen LogP) is 2.87. The molecule has 24 heavy (non-hydrogen) atoms. The Morgan fingerprint density at radius 3 is 2.67 bits per heavy atom. The van der Waals surface area contributed by atoms with Gasteiger partial charge in [-0.3, -0.25) is 9.78 Å². The molecule has 0 bridgehead atoms. The SMILES string of the molecule is O=C(CCCc1ccccc1)N1CCC(Oc2cnccn2)CC1. The minimum atomic E-state index is 0.120. The third-order valence-electron chi connectivity index (χ3n) is 4.32. The maximum absolute atomic E-state index is 12.3. The molecule has 1 aromatic carbocycles. The van der Waals surface area contributed by atoms with E-state index in [2.05, 4.69) is 22.1 Å². The van der Waals surface area contributed by atoms with Crippen molar-refractivity contribution < 1.29 is 9.53 Å². The zero-order chi connectivity index (χ0) is 16.6. The molecule has 1 saturated heterocycles. The molecule has 5 nitrogen and oxygen atoms in total. The molecule has 0 aliphatic carbocycles. The number of aryl methyl sites for hydroxylation is 1. The van der Waals surface area contributed by atoms with Crippen molar-refractivity contribution >= 4 is 5.91 Å². The first kappa shape index (κ1) is 16.4. The highest BCUT2D eigenvalue weighted by Gasteiger charge is 2.23. The van der Waals surface area contributed by atoms with Gasteiger partial charge in [-0.2, -0.15) is 0 Å². The van der Waals surface area contributed by atoms with E-state index in [1.165, 1.54) is 5.56 Å². The smallest absolute Gasteiger partial charge is 0.232 e. The van der Waals surface area contributed by atoms with E-state index < -0.39 is 0 Å². The molecule has 1 amide bonds. The summed E-state index contributed by atoms with van der Waals surface area (Å²) in [4.78, 5) is 22.4. The second kappa shape index (κ2) is 8.43. The van der Waals surface area contributed by atoms with E-state index >= 15 is 0 Å². The van der Waals surface area contributed by atoms with Gasteiger partial charge in [0.05, 0.1) is 6.20 Å². The van der Waals surface area contributed by atoms with Gasteiger partial charge in [0, 0.05) is 44.7 Å². The second-order valence-electron chi connectivity index (χ2n) is 6.08. The lowest BCUT2D eigenvalue weighted by atomic mass is 10.1. The van der Waals surface area contributed by atoms with Crippen LogP contribution in [0.25, 0.3) is 0 Å². The first-order valence-electron chi connectivity index (χ1n) is 8.55. The highest BCUT2D eigenvalue weighted by atomic mass is 16.5. The molecule has 126 valence electrons. The van der Waals surface area contributed by atoms with Crippen LogP contribution in [0.3, 0.4) is 0 Å². The van der Waals surface area contributed by atoms with Crippen LogP contribution in [0.1, 0.15) is 31.2 Å². The van der Waals surface area contributed by atoms with Crippen LogP contribution in [0.2, 0.25) is 0 Å². The highest BCUT2D eigenvalue weighted by molar-refractivity contribution is 5.76. The molecule has 0 spiro atoms. The van der Waals surface area contributed by atoms with Crippen molar-refractivity contribution in [2.24, 2.45) is 0 Å². The summed E-state index contributed by atoms with van der Waals surface area (Å²) in [6, 6.07) is 10.3. The van der Waals surface area contributed by atoms with E-state index in [0.717, 1.165) is 38.8 Å². The van der Waals surface area contributed by atoms with E-state index in [9.17, 15) is 4.79 Å². The van der Waals surface area contributed by atoms with Crippen molar-refractivity contribution in [2.75, 3.05) is 13.1 Å². The molecule has 0 N–H and O–H groups in total. The van der Waals surface area contributed by atoms with Gasteiger partial charge in [-0.15, -0.1) is 0 Å². The van der Waals surface area contributed by atoms with Crippen LogP contribution in [0.15, 0.2) is 48.9 Å². The lowest BCUT2D eigenvalue weighted by molar-refractivity contribution is -0.133. The van der Waals surface area contributed by atoms with Gasteiger partial charge in [0.1, 0.15) is 6.10 Å². The molecule has 1 fully saturated rings. The van der Waals surface area contributed by atoms with Crippen LogP contribution >= 0.6 is 0 Å². The third kappa shape index (κ3) is 4.78. The Balaban J connectivity index is 1.37. The summed E-state index contributed by atoms with van der Waals surface area (Å²) in [7, 11) is 0. The maximum Gasteiger partial charge on any atom is 0.232 e. The fraction of sp³-hybridized carbons (Fsp3) is 0.421. The van der Waals surface area contributed by atoms with Crippen molar-refractivity contribution in [1.82, 2.24) is 14.9 Å². The molecule has 1 aliphatic heterocycles. The quantitative estimate of drug-likeness (QED) is 0.819. The molecule has 2 aromatic rings. The Morgan fingerprint density at radius 2 is 1.96 bits per heavy atom. The molecule has 0 unspecified atom stereocenters. The minimum absolute atomic E-state index is 0.120. The summed E-state index contributed by atoms with van der Waals surface area (Å²) in [5, 5.41) is 0. The van der Waals surface area contributed by atoms with Gasteiger partial charge in [-0.1, -0.05) is 30.3 Å². The number of ether oxygens (including phenoxy) is 1. The van der Waals surface area contributed by atoms with E-state index in [-0.39, 0.29) is 12.0 Å². The van der Waals surface area contributed by atoms with E-state index in [0.29, 0.717) is 12.3 Å². The molecular weight excluding hydrogens is 302 g/mol. The van der Waals surface area contributed by atoms with Crippen molar-refractivity contribution in [3.05, 3.63) is 54.5 Å². The monoisotopic (exact) mass is 325 g/mol. The predicted molar refractivity (Wildman–Crippen MR) is 91.6 cm³/mol. The van der Waals surface area contributed by atoms with Gasteiger partial charge in [0.25, 0.3) is 0 Å². The molecular formula is C19H23N3O2. The summed E-state index contributed by atoms with van der Waals surface area (Å²) in [6.45, 7) is 1.52. The summed E-state index contributed by atoms with van der Waals surface area (Å²) in [5.41, 5.74) is 1.29. The molecule has 0 saturated carbocycles. The fourth-order valence-corrected chi connectivity index (χ4v) is 2.99. The van der Waals surface area contributed by atoms with Crippen molar-refractivity contribution in [3.63, 3.8) is 0 Å². The van der Waals surface area contributed by atoms with Crippen molar-refractivity contribution in [3.8, 4) is 5.88 Å². The average Bonchev–Trinajstić information content (AvgIpc) is 2.64. The largest absolute Gasteiger partial charge is 0.473 e. The number of hydrogen-bond donors (Lipinski definition) is 0. The maximum atomic E-state index is 12.3. The number of amides is 1. The van der Waals surface area contributed by atoms with E-state index in [1.807, 2.05) is 23.1 Å². The number of carbonyl (C=O) groups is 1. The highest BCUT2D eigenvalue weighted by Crippen LogP contribution is 2.17. The summed E-state index contributed by atoms with van der Waals surface area (Å²) < 4.78 is 5.81. The molecule has 3 rings (SSSR count). The van der Waals surface area contributed by atoms with E-state index in [4.69, 9.17) is 4.74 Å².